The number of ether oxygens (including phenoxy) is 1. The van der Waals surface area contributed by atoms with E-state index in [0.717, 1.165) is 0 Å². The smallest absolute Gasteiger partial charge is 0.306 e. The number of rotatable bonds is 8. The minimum Gasteiger partial charge on any atom is -0.469 e. The van der Waals surface area contributed by atoms with Gasteiger partial charge in [-0.25, -0.2) is 22.5 Å². The Kier molecular flexibility index (Phi) is 6.20. The highest BCUT2D eigenvalue weighted by Gasteiger charge is 2.46. The van der Waals surface area contributed by atoms with Crippen LogP contribution in [0.2, 0.25) is 0 Å². The van der Waals surface area contributed by atoms with Crippen molar-refractivity contribution in [3.05, 3.63) is 78.1 Å². The summed E-state index contributed by atoms with van der Waals surface area (Å²) in [6, 6.07) is 8.82. The number of aromatic nitrogens is 4. The average Bonchev–Trinajstić information content (AvgIpc) is 3.56. The molecule has 3 aromatic heterocycles. The number of nitrogens with one attached hydrogen (secondary N) is 1. The molecule has 5 rings (SSSR count). The van der Waals surface area contributed by atoms with Crippen molar-refractivity contribution in [2.24, 2.45) is 0 Å². The molecule has 12 heteroatoms. The second-order valence-electron chi connectivity index (χ2n) is 8.72. The summed E-state index contributed by atoms with van der Waals surface area (Å²) in [7, 11) is -2.56. The third-order valence-electron chi connectivity index (χ3n) is 6.33. The van der Waals surface area contributed by atoms with E-state index in [1.165, 1.54) is 37.7 Å². The molecular formula is C25H22FN5O5S. The van der Waals surface area contributed by atoms with Gasteiger partial charge in [0.2, 0.25) is 0 Å². The SMILES string of the molecule is COC(=O)CCS(=O)(=O)c1ccc(C2(NC(=O)c3cncc4c3cnn4-c3ccc(F)cc3)CC2)cn1. The molecule has 1 aromatic carbocycles. The molecule has 3 heterocycles. The first-order chi connectivity index (χ1) is 17.7. The lowest BCUT2D eigenvalue weighted by Crippen LogP contribution is -2.35. The first-order valence-electron chi connectivity index (χ1n) is 11.4. The van der Waals surface area contributed by atoms with Crippen LogP contribution in [0.15, 0.2) is 66.2 Å². The number of carbonyl (C=O) groups is 2. The molecule has 1 N–H and O–H groups in total. The molecule has 1 fully saturated rings. The van der Waals surface area contributed by atoms with Crippen LogP contribution in [-0.2, 0) is 24.9 Å². The van der Waals surface area contributed by atoms with E-state index in [2.05, 4.69) is 25.1 Å². The van der Waals surface area contributed by atoms with Gasteiger partial charge in [0.25, 0.3) is 5.91 Å². The third-order valence-corrected chi connectivity index (χ3v) is 7.95. The lowest BCUT2D eigenvalue weighted by Gasteiger charge is -2.18. The molecule has 190 valence electrons. The Bertz CT molecular complexity index is 1600. The van der Waals surface area contributed by atoms with E-state index in [0.29, 0.717) is 40.6 Å². The number of nitrogens with zero attached hydrogens (tertiary/aromatic N) is 4. The molecule has 37 heavy (non-hydrogen) atoms. The number of sulfone groups is 1. The van der Waals surface area contributed by atoms with Crippen molar-refractivity contribution >= 4 is 32.6 Å². The fourth-order valence-corrected chi connectivity index (χ4v) is 5.21. The van der Waals surface area contributed by atoms with Crippen LogP contribution < -0.4 is 5.32 Å². The fourth-order valence-electron chi connectivity index (χ4n) is 4.08. The van der Waals surface area contributed by atoms with Crippen molar-refractivity contribution in [2.75, 3.05) is 12.9 Å². The molecular weight excluding hydrogens is 501 g/mol. The van der Waals surface area contributed by atoms with E-state index < -0.39 is 27.1 Å². The minimum absolute atomic E-state index is 0.149. The van der Waals surface area contributed by atoms with Crippen LogP contribution in [0, 0.1) is 5.82 Å². The maximum absolute atomic E-state index is 13.3. The molecule has 1 saturated carbocycles. The number of amides is 1. The number of hydrogen-bond donors (Lipinski definition) is 1. The highest BCUT2D eigenvalue weighted by Crippen LogP contribution is 2.45. The zero-order chi connectivity index (χ0) is 26.2. The molecule has 0 aliphatic heterocycles. The van der Waals surface area contributed by atoms with Gasteiger partial charge in [-0.2, -0.15) is 5.10 Å². The summed E-state index contributed by atoms with van der Waals surface area (Å²) in [6.45, 7) is 0. The Morgan fingerprint density at radius 2 is 1.84 bits per heavy atom. The first-order valence-corrected chi connectivity index (χ1v) is 13.0. The van der Waals surface area contributed by atoms with Crippen molar-refractivity contribution in [2.45, 2.75) is 29.8 Å². The van der Waals surface area contributed by atoms with Gasteiger partial charge in [0.05, 0.1) is 54.0 Å². The van der Waals surface area contributed by atoms with Crippen LogP contribution in [0.4, 0.5) is 4.39 Å². The van der Waals surface area contributed by atoms with Gasteiger partial charge < -0.3 is 10.1 Å². The second kappa shape index (κ2) is 9.36. The summed E-state index contributed by atoms with van der Waals surface area (Å²) < 4.78 is 44.3. The number of methoxy groups -OCH3 is 1. The highest BCUT2D eigenvalue weighted by molar-refractivity contribution is 7.91. The van der Waals surface area contributed by atoms with Crippen molar-refractivity contribution in [3.63, 3.8) is 0 Å². The number of hydrogen-bond acceptors (Lipinski definition) is 8. The Hall–Kier alpha value is -4.19. The average molecular weight is 524 g/mol. The number of fused-ring (bicyclic) bond motifs is 1. The summed E-state index contributed by atoms with van der Waals surface area (Å²) >= 11 is 0. The van der Waals surface area contributed by atoms with Crippen LogP contribution in [0.1, 0.15) is 35.2 Å². The van der Waals surface area contributed by atoms with Gasteiger partial charge in [-0.15, -0.1) is 0 Å². The molecule has 0 unspecified atom stereocenters. The van der Waals surface area contributed by atoms with Crippen LogP contribution in [0.5, 0.6) is 0 Å². The van der Waals surface area contributed by atoms with E-state index >= 15 is 0 Å². The predicted octanol–water partition coefficient (Wildman–Crippen LogP) is 2.71. The standard InChI is InChI=1S/C25H22FN5O5S/c1-36-23(32)8-11-37(34,35)22-7-2-16(12-28-22)25(9-10-25)30-24(33)20-13-27-15-21-19(20)14-29-31(21)18-5-3-17(26)4-6-18/h2-7,12-15H,8-11H2,1H3,(H,30,33). The summed E-state index contributed by atoms with van der Waals surface area (Å²) in [5.74, 6) is -1.75. The molecule has 1 aliphatic rings. The Balaban J connectivity index is 1.36. The van der Waals surface area contributed by atoms with Crippen molar-refractivity contribution < 1.29 is 27.1 Å². The molecule has 0 spiro atoms. The largest absolute Gasteiger partial charge is 0.469 e. The molecule has 1 amide bonds. The van der Waals surface area contributed by atoms with Crippen molar-refractivity contribution in [3.8, 4) is 5.69 Å². The first kappa shape index (κ1) is 24.5. The van der Waals surface area contributed by atoms with Gasteiger partial charge in [-0.3, -0.25) is 14.6 Å². The Morgan fingerprint density at radius 3 is 2.49 bits per heavy atom. The third kappa shape index (κ3) is 4.79. The highest BCUT2D eigenvalue weighted by atomic mass is 32.2. The maximum Gasteiger partial charge on any atom is 0.306 e. The van der Waals surface area contributed by atoms with Gasteiger partial charge in [-0.1, -0.05) is 6.07 Å². The zero-order valence-electron chi connectivity index (χ0n) is 19.7. The number of esters is 1. The van der Waals surface area contributed by atoms with E-state index in [1.54, 1.807) is 35.3 Å². The lowest BCUT2D eigenvalue weighted by atomic mass is 10.1. The molecule has 4 aromatic rings. The molecule has 0 radical (unpaired) electrons. The summed E-state index contributed by atoms with van der Waals surface area (Å²) in [6.07, 6.45) is 7.09. The summed E-state index contributed by atoms with van der Waals surface area (Å²) in [5.41, 5.74) is 1.55. The van der Waals surface area contributed by atoms with Crippen LogP contribution >= 0.6 is 0 Å². The van der Waals surface area contributed by atoms with E-state index in [-0.39, 0.29) is 23.2 Å². The minimum atomic E-state index is -3.76. The van der Waals surface area contributed by atoms with E-state index in [4.69, 9.17) is 0 Å². The van der Waals surface area contributed by atoms with Crippen LogP contribution in [0.3, 0.4) is 0 Å². The van der Waals surface area contributed by atoms with Crippen LogP contribution in [0.25, 0.3) is 16.6 Å². The monoisotopic (exact) mass is 523 g/mol. The van der Waals surface area contributed by atoms with Crippen LogP contribution in [-0.4, -0.2) is 52.9 Å². The number of carbonyl (C=O) groups excluding carboxylic acids is 2. The van der Waals surface area contributed by atoms with Gasteiger partial charge in [0.1, 0.15) is 5.82 Å². The van der Waals surface area contributed by atoms with E-state index in [9.17, 15) is 22.4 Å². The number of pyridine rings is 2. The Morgan fingerprint density at radius 1 is 1.08 bits per heavy atom. The van der Waals surface area contributed by atoms with Gasteiger partial charge in [0.15, 0.2) is 14.9 Å². The normalized spacial score (nSPS) is 14.3. The molecule has 10 nitrogen and oxygen atoms in total. The quantitative estimate of drug-likeness (QED) is 0.349. The number of halogens is 1. The molecule has 0 saturated heterocycles. The second-order valence-corrected chi connectivity index (χ2v) is 10.8. The molecule has 0 bridgehead atoms. The number of benzene rings is 1. The molecule has 1 aliphatic carbocycles. The topological polar surface area (TPSA) is 133 Å². The summed E-state index contributed by atoms with van der Waals surface area (Å²) in [4.78, 5) is 32.9. The van der Waals surface area contributed by atoms with Gasteiger partial charge >= 0.3 is 5.97 Å². The summed E-state index contributed by atoms with van der Waals surface area (Å²) in [5, 5.41) is 7.82. The maximum atomic E-state index is 13.3. The van der Waals surface area contributed by atoms with Crippen molar-refractivity contribution in [1.82, 2.24) is 25.1 Å². The van der Waals surface area contributed by atoms with Gasteiger partial charge in [-0.05, 0) is 48.7 Å². The van der Waals surface area contributed by atoms with Crippen molar-refractivity contribution in [1.29, 1.82) is 0 Å². The fraction of sp³-hybridized carbons (Fsp3) is 0.240. The van der Waals surface area contributed by atoms with E-state index in [1.807, 2.05) is 0 Å². The molecule has 0 atom stereocenters. The predicted molar refractivity (Wildman–Crippen MR) is 130 cm³/mol. The van der Waals surface area contributed by atoms with Gasteiger partial charge in [0, 0.05) is 17.8 Å². The zero-order valence-corrected chi connectivity index (χ0v) is 20.5. The lowest BCUT2D eigenvalue weighted by molar-refractivity contribution is -0.140. The Labute approximate surface area is 211 Å².